The molecule has 1 heterocycles. The zero-order chi connectivity index (χ0) is 12.8. The molecule has 2 fully saturated rings. The molecule has 96 valence electrons. The van der Waals surface area contributed by atoms with Gasteiger partial charge in [0.25, 0.3) is 0 Å². The van der Waals surface area contributed by atoms with Crippen molar-refractivity contribution in [2.45, 2.75) is 43.9 Å². The van der Waals surface area contributed by atoms with Crippen LogP contribution in [0.1, 0.15) is 26.2 Å². The van der Waals surface area contributed by atoms with Crippen LogP contribution in [0.2, 0.25) is 0 Å². The molecule has 6 nitrogen and oxygen atoms in total. The summed E-state index contributed by atoms with van der Waals surface area (Å²) in [6, 6.07) is -0.945. The summed E-state index contributed by atoms with van der Waals surface area (Å²) in [6.45, 7) is 1.71. The fourth-order valence-corrected chi connectivity index (χ4v) is 2.44. The molecule has 0 aromatic rings. The number of amides is 1. The molecular weight excluding hydrogens is 224 g/mol. The van der Waals surface area contributed by atoms with Crippen molar-refractivity contribution in [3.63, 3.8) is 0 Å². The minimum absolute atomic E-state index is 0.0648. The first kappa shape index (κ1) is 12.3. The molecule has 3 atom stereocenters. The van der Waals surface area contributed by atoms with Crippen LogP contribution in [0.15, 0.2) is 0 Å². The van der Waals surface area contributed by atoms with Crippen LogP contribution in [0.3, 0.4) is 0 Å². The number of carboxylic acid groups (broad SMARTS) is 1. The van der Waals surface area contributed by atoms with Gasteiger partial charge in [0.15, 0.2) is 0 Å². The van der Waals surface area contributed by atoms with Crippen molar-refractivity contribution >= 4 is 11.9 Å². The van der Waals surface area contributed by atoms with E-state index in [1.807, 2.05) is 0 Å². The summed E-state index contributed by atoms with van der Waals surface area (Å²) in [5.41, 5.74) is 4.99. The minimum Gasteiger partial charge on any atom is -0.480 e. The normalized spacial score (nSPS) is 32.3. The monoisotopic (exact) mass is 242 g/mol. The molecule has 0 aromatic carbocycles. The first-order chi connectivity index (χ1) is 7.84. The highest BCUT2D eigenvalue weighted by atomic mass is 16.4. The number of carbonyl (C=O) groups is 2. The Labute approximate surface area is 99.4 Å². The average Bonchev–Trinajstić information content (AvgIpc) is 3.01. The molecule has 1 unspecified atom stereocenters. The highest BCUT2D eigenvalue weighted by Gasteiger charge is 2.50. The number of rotatable bonds is 3. The predicted octanol–water partition coefficient (Wildman–Crippen LogP) is -0.840. The summed E-state index contributed by atoms with van der Waals surface area (Å²) in [7, 11) is 0. The molecule has 0 spiro atoms. The maximum absolute atomic E-state index is 12.2. The van der Waals surface area contributed by atoms with Crippen LogP contribution in [-0.2, 0) is 9.59 Å². The molecule has 1 aliphatic heterocycles. The van der Waals surface area contributed by atoms with Gasteiger partial charge in [-0.1, -0.05) is 0 Å². The van der Waals surface area contributed by atoms with Gasteiger partial charge in [0.1, 0.15) is 6.04 Å². The van der Waals surface area contributed by atoms with Gasteiger partial charge in [-0.2, -0.15) is 0 Å². The Bertz CT molecular complexity index is 351. The highest BCUT2D eigenvalue weighted by molar-refractivity contribution is 5.90. The van der Waals surface area contributed by atoms with Crippen molar-refractivity contribution in [3.8, 4) is 0 Å². The topological polar surface area (TPSA) is 104 Å². The molecule has 0 bridgehead atoms. The van der Waals surface area contributed by atoms with E-state index in [-0.39, 0.29) is 24.8 Å². The molecule has 6 heteroatoms. The van der Waals surface area contributed by atoms with Crippen LogP contribution in [0, 0.1) is 5.92 Å². The van der Waals surface area contributed by atoms with E-state index in [1.165, 1.54) is 4.90 Å². The Kier molecular flexibility index (Phi) is 2.87. The predicted molar refractivity (Wildman–Crippen MR) is 59.1 cm³/mol. The number of aliphatic hydroxyl groups is 1. The van der Waals surface area contributed by atoms with Gasteiger partial charge >= 0.3 is 5.97 Å². The lowest BCUT2D eigenvalue weighted by Crippen LogP contribution is -2.57. The number of aliphatic carboxylic acids is 1. The van der Waals surface area contributed by atoms with Crippen LogP contribution in [-0.4, -0.2) is 51.2 Å². The number of hydrogen-bond donors (Lipinski definition) is 3. The Hall–Kier alpha value is -1.14. The molecular formula is C11H18N2O4. The molecule has 0 radical (unpaired) electrons. The van der Waals surface area contributed by atoms with Gasteiger partial charge in [-0.05, 0) is 25.7 Å². The molecule has 1 saturated heterocycles. The lowest BCUT2D eigenvalue weighted by molar-refractivity contribution is -0.150. The Morgan fingerprint density at radius 3 is 2.47 bits per heavy atom. The van der Waals surface area contributed by atoms with E-state index < -0.39 is 23.7 Å². The third kappa shape index (κ3) is 2.14. The van der Waals surface area contributed by atoms with E-state index >= 15 is 0 Å². The molecule has 1 saturated carbocycles. The van der Waals surface area contributed by atoms with E-state index in [1.54, 1.807) is 6.92 Å². The first-order valence-corrected chi connectivity index (χ1v) is 5.85. The van der Waals surface area contributed by atoms with E-state index in [4.69, 9.17) is 10.8 Å². The number of carbonyl (C=O) groups excluding carboxylic acids is 1. The maximum atomic E-state index is 12.2. The van der Waals surface area contributed by atoms with E-state index in [0.29, 0.717) is 0 Å². The van der Waals surface area contributed by atoms with Crippen molar-refractivity contribution in [2.24, 2.45) is 11.7 Å². The van der Waals surface area contributed by atoms with Crippen molar-refractivity contribution in [2.75, 3.05) is 6.54 Å². The molecule has 17 heavy (non-hydrogen) atoms. The Morgan fingerprint density at radius 2 is 2.00 bits per heavy atom. The van der Waals surface area contributed by atoms with Crippen LogP contribution in [0.4, 0.5) is 0 Å². The third-order valence-electron chi connectivity index (χ3n) is 3.71. The average molecular weight is 242 g/mol. The Morgan fingerprint density at radius 1 is 1.41 bits per heavy atom. The third-order valence-corrected chi connectivity index (χ3v) is 3.71. The fraction of sp³-hybridized carbons (Fsp3) is 0.818. The van der Waals surface area contributed by atoms with Gasteiger partial charge in [-0.25, -0.2) is 4.79 Å². The van der Waals surface area contributed by atoms with Gasteiger partial charge in [-0.15, -0.1) is 0 Å². The van der Waals surface area contributed by atoms with Crippen LogP contribution in [0.5, 0.6) is 0 Å². The van der Waals surface area contributed by atoms with Gasteiger partial charge in [0.05, 0.1) is 11.6 Å². The SMILES string of the molecule is CC(N)(C(=O)N1C[C@H](O)C[C@@H]1C(=O)O)C1CC1. The lowest BCUT2D eigenvalue weighted by Gasteiger charge is -2.31. The zero-order valence-corrected chi connectivity index (χ0v) is 9.80. The number of β-amino-alcohol motifs (C(OH)–C–C–N with tert-alkyl or cyclic N) is 1. The summed E-state index contributed by atoms with van der Waals surface area (Å²) < 4.78 is 0. The Balaban J connectivity index is 2.15. The second kappa shape index (κ2) is 3.96. The minimum atomic E-state index is -1.08. The fourth-order valence-electron chi connectivity index (χ4n) is 2.44. The maximum Gasteiger partial charge on any atom is 0.326 e. The van der Waals surface area contributed by atoms with Crippen molar-refractivity contribution in [1.82, 2.24) is 4.90 Å². The number of nitrogens with zero attached hydrogens (tertiary/aromatic N) is 1. The summed E-state index contributed by atoms with van der Waals surface area (Å²) >= 11 is 0. The molecule has 2 aliphatic rings. The molecule has 2 rings (SSSR count). The summed E-state index contributed by atoms with van der Waals surface area (Å²) in [5, 5.41) is 18.5. The number of hydrogen-bond acceptors (Lipinski definition) is 4. The van der Waals surface area contributed by atoms with Crippen LogP contribution < -0.4 is 5.73 Å². The number of carboxylic acids is 1. The number of likely N-dealkylation sites (tertiary alicyclic amines) is 1. The van der Waals surface area contributed by atoms with Crippen LogP contribution >= 0.6 is 0 Å². The van der Waals surface area contributed by atoms with E-state index in [0.717, 1.165) is 12.8 Å². The molecule has 1 aliphatic carbocycles. The summed E-state index contributed by atoms with van der Waals surface area (Å²) in [5.74, 6) is -1.30. The van der Waals surface area contributed by atoms with Gasteiger partial charge in [0.2, 0.25) is 5.91 Å². The van der Waals surface area contributed by atoms with Crippen LogP contribution in [0.25, 0.3) is 0 Å². The van der Waals surface area contributed by atoms with Gasteiger partial charge in [0, 0.05) is 13.0 Å². The quantitative estimate of drug-likeness (QED) is 0.598. The summed E-state index contributed by atoms with van der Waals surface area (Å²) in [6.07, 6.45) is 1.14. The second-order valence-electron chi connectivity index (χ2n) is 5.26. The van der Waals surface area contributed by atoms with Gasteiger partial charge < -0.3 is 20.8 Å². The second-order valence-corrected chi connectivity index (χ2v) is 5.26. The molecule has 1 amide bonds. The van der Waals surface area contributed by atoms with Crippen molar-refractivity contribution < 1.29 is 19.8 Å². The number of nitrogens with two attached hydrogens (primary N) is 1. The van der Waals surface area contributed by atoms with E-state index in [9.17, 15) is 14.7 Å². The standard InChI is InChI=1S/C11H18N2O4/c1-11(12,6-2-3-6)10(17)13-5-7(14)4-8(13)9(15)16/h6-8,14H,2-5,12H2,1H3,(H,15,16)/t7-,8-,11?/m1/s1. The first-order valence-electron chi connectivity index (χ1n) is 5.85. The highest BCUT2D eigenvalue weighted by Crippen LogP contribution is 2.39. The number of aliphatic hydroxyl groups excluding tert-OH is 1. The molecule has 0 aromatic heterocycles. The van der Waals surface area contributed by atoms with Crippen molar-refractivity contribution in [1.29, 1.82) is 0 Å². The largest absolute Gasteiger partial charge is 0.480 e. The van der Waals surface area contributed by atoms with Gasteiger partial charge in [-0.3, -0.25) is 4.79 Å². The molecule has 4 N–H and O–H groups in total. The lowest BCUT2D eigenvalue weighted by atomic mass is 9.95. The zero-order valence-electron chi connectivity index (χ0n) is 9.80. The smallest absolute Gasteiger partial charge is 0.326 e. The van der Waals surface area contributed by atoms with Crippen molar-refractivity contribution in [3.05, 3.63) is 0 Å². The van der Waals surface area contributed by atoms with E-state index in [2.05, 4.69) is 0 Å². The summed E-state index contributed by atoms with van der Waals surface area (Å²) in [4.78, 5) is 24.5.